The number of urea groups is 1. The fourth-order valence-electron chi connectivity index (χ4n) is 3.46. The first-order valence-electron chi connectivity index (χ1n) is 9.42. The highest BCUT2D eigenvalue weighted by Gasteiger charge is 2.51. The van der Waals surface area contributed by atoms with Crippen molar-refractivity contribution in [3.05, 3.63) is 94.5 Å². The van der Waals surface area contributed by atoms with Crippen molar-refractivity contribution in [2.45, 2.75) is 19.2 Å². The molecule has 3 N–H and O–H groups in total. The van der Waals surface area contributed by atoms with Crippen molar-refractivity contribution < 1.29 is 14.7 Å². The van der Waals surface area contributed by atoms with Crippen LogP contribution in [-0.4, -0.2) is 17.0 Å². The summed E-state index contributed by atoms with van der Waals surface area (Å²) in [6.07, 6.45) is 0. The minimum Gasteiger partial charge on any atom is -0.359 e. The molecule has 1 heterocycles. The Labute approximate surface area is 179 Å². The van der Waals surface area contributed by atoms with E-state index in [1.54, 1.807) is 48.5 Å². The van der Waals surface area contributed by atoms with Crippen molar-refractivity contribution in [1.29, 1.82) is 0 Å². The largest absolute Gasteiger partial charge is 0.359 e. The first-order valence-corrected chi connectivity index (χ1v) is 9.80. The summed E-state index contributed by atoms with van der Waals surface area (Å²) in [6.45, 7) is 2.19. The van der Waals surface area contributed by atoms with E-state index in [1.165, 1.54) is 0 Å². The van der Waals surface area contributed by atoms with Crippen LogP contribution in [0.2, 0.25) is 5.02 Å². The van der Waals surface area contributed by atoms with Crippen LogP contribution in [0.15, 0.2) is 72.8 Å². The number of carbonyl (C=O) groups is 2. The van der Waals surface area contributed by atoms with Crippen LogP contribution in [0.25, 0.3) is 0 Å². The Bertz CT molecular complexity index is 1100. The van der Waals surface area contributed by atoms with Crippen molar-refractivity contribution in [3.63, 3.8) is 0 Å². The predicted octanol–water partition coefficient (Wildman–Crippen LogP) is 4.16. The number of amides is 3. The molecule has 3 aromatic carbocycles. The van der Waals surface area contributed by atoms with E-state index in [4.69, 9.17) is 11.6 Å². The molecule has 0 saturated heterocycles. The highest BCUT2D eigenvalue weighted by atomic mass is 35.5. The SMILES string of the molecule is Cc1ccc(CNC(=O)[C@]2(O)c3ccccc3NC(=O)N2c2ccc(Cl)cc2)cc1. The summed E-state index contributed by atoms with van der Waals surface area (Å²) in [6, 6.07) is 20.1. The van der Waals surface area contributed by atoms with E-state index in [2.05, 4.69) is 10.6 Å². The molecular formula is C23H20ClN3O3. The van der Waals surface area contributed by atoms with Gasteiger partial charge in [-0.25, -0.2) is 4.79 Å². The van der Waals surface area contributed by atoms with Crippen LogP contribution in [0.4, 0.5) is 16.2 Å². The number of anilines is 2. The number of hydrogen-bond donors (Lipinski definition) is 3. The van der Waals surface area contributed by atoms with E-state index >= 15 is 0 Å². The molecular weight excluding hydrogens is 402 g/mol. The second-order valence-electron chi connectivity index (χ2n) is 7.13. The number of nitrogens with zero attached hydrogens (tertiary/aromatic N) is 1. The third-order valence-corrected chi connectivity index (χ3v) is 5.30. The zero-order valence-electron chi connectivity index (χ0n) is 16.2. The number of hydrogen-bond acceptors (Lipinski definition) is 3. The molecule has 1 aliphatic rings. The van der Waals surface area contributed by atoms with Gasteiger partial charge in [-0.05, 0) is 42.8 Å². The van der Waals surface area contributed by atoms with Gasteiger partial charge in [-0.1, -0.05) is 59.6 Å². The number of nitrogens with one attached hydrogen (secondary N) is 2. The average molecular weight is 422 g/mol. The third-order valence-electron chi connectivity index (χ3n) is 5.05. The Morgan fingerprint density at radius 1 is 1.07 bits per heavy atom. The van der Waals surface area contributed by atoms with Gasteiger partial charge in [-0.3, -0.25) is 9.69 Å². The maximum Gasteiger partial charge on any atom is 0.329 e. The van der Waals surface area contributed by atoms with Gasteiger partial charge in [0.15, 0.2) is 0 Å². The summed E-state index contributed by atoms with van der Waals surface area (Å²) in [5.74, 6) is -0.708. The molecule has 0 bridgehead atoms. The van der Waals surface area contributed by atoms with Gasteiger partial charge in [0.05, 0.1) is 5.69 Å². The van der Waals surface area contributed by atoms with Crippen LogP contribution in [-0.2, 0) is 17.1 Å². The van der Waals surface area contributed by atoms with E-state index in [9.17, 15) is 14.7 Å². The number of fused-ring (bicyclic) bond motifs is 1. The van der Waals surface area contributed by atoms with Crippen LogP contribution in [0, 0.1) is 6.92 Å². The van der Waals surface area contributed by atoms with Crippen LogP contribution in [0.3, 0.4) is 0 Å². The lowest BCUT2D eigenvalue weighted by atomic mass is 9.94. The Morgan fingerprint density at radius 2 is 1.73 bits per heavy atom. The molecule has 0 aromatic heterocycles. The van der Waals surface area contributed by atoms with Crippen molar-refractivity contribution in [1.82, 2.24) is 5.32 Å². The van der Waals surface area contributed by atoms with Crippen molar-refractivity contribution in [2.24, 2.45) is 0 Å². The molecule has 7 heteroatoms. The number of aryl methyl sites for hydroxylation is 1. The number of carbonyl (C=O) groups excluding carboxylic acids is 2. The summed E-state index contributed by atoms with van der Waals surface area (Å²) in [7, 11) is 0. The van der Waals surface area contributed by atoms with E-state index in [-0.39, 0.29) is 12.1 Å². The molecule has 4 rings (SSSR count). The number of halogens is 1. The van der Waals surface area contributed by atoms with Gasteiger partial charge < -0.3 is 15.7 Å². The van der Waals surface area contributed by atoms with E-state index in [0.717, 1.165) is 16.0 Å². The molecule has 1 aliphatic heterocycles. The topological polar surface area (TPSA) is 81.7 Å². The Hall–Kier alpha value is -3.35. The van der Waals surface area contributed by atoms with Crippen LogP contribution in [0.1, 0.15) is 16.7 Å². The number of aliphatic hydroxyl groups is 1. The van der Waals surface area contributed by atoms with Gasteiger partial charge >= 0.3 is 6.03 Å². The highest BCUT2D eigenvalue weighted by molar-refractivity contribution is 6.30. The Balaban J connectivity index is 1.74. The molecule has 0 unspecified atom stereocenters. The summed E-state index contributed by atoms with van der Waals surface area (Å²) in [5.41, 5.74) is 0.734. The van der Waals surface area contributed by atoms with Crippen molar-refractivity contribution in [3.8, 4) is 0 Å². The number of rotatable bonds is 4. The Morgan fingerprint density at radius 3 is 2.43 bits per heavy atom. The second kappa shape index (κ2) is 7.82. The molecule has 0 aliphatic carbocycles. The molecule has 3 amide bonds. The molecule has 1 atom stereocenters. The normalized spacial score (nSPS) is 17.8. The van der Waals surface area contributed by atoms with Gasteiger partial charge in [0.2, 0.25) is 0 Å². The summed E-state index contributed by atoms with van der Waals surface area (Å²) >= 11 is 5.97. The lowest BCUT2D eigenvalue weighted by Crippen LogP contribution is -2.62. The zero-order chi connectivity index (χ0) is 21.3. The maximum atomic E-state index is 13.3. The molecule has 152 valence electrons. The van der Waals surface area contributed by atoms with Crippen molar-refractivity contribution in [2.75, 3.05) is 10.2 Å². The van der Waals surface area contributed by atoms with Gasteiger partial charge in [0.1, 0.15) is 0 Å². The first kappa shape index (κ1) is 19.9. The van der Waals surface area contributed by atoms with Crippen molar-refractivity contribution >= 4 is 34.9 Å². The zero-order valence-corrected chi connectivity index (χ0v) is 17.0. The molecule has 6 nitrogen and oxygen atoms in total. The smallest absolute Gasteiger partial charge is 0.329 e. The summed E-state index contributed by atoms with van der Waals surface area (Å²) < 4.78 is 0. The maximum absolute atomic E-state index is 13.3. The molecule has 3 aromatic rings. The molecule has 0 fully saturated rings. The first-order chi connectivity index (χ1) is 14.4. The summed E-state index contributed by atoms with van der Waals surface area (Å²) in [5, 5.41) is 17.7. The summed E-state index contributed by atoms with van der Waals surface area (Å²) in [4.78, 5) is 27.3. The van der Waals surface area contributed by atoms with E-state index in [0.29, 0.717) is 16.4 Å². The number of para-hydroxylation sites is 1. The van der Waals surface area contributed by atoms with Crippen LogP contribution in [0.5, 0.6) is 0 Å². The van der Waals surface area contributed by atoms with Gasteiger partial charge in [-0.15, -0.1) is 0 Å². The molecule has 0 saturated carbocycles. The standard InChI is InChI=1S/C23H20ClN3O3/c1-15-6-8-16(9-7-15)14-25-21(28)23(30)19-4-2-3-5-20(19)26-22(29)27(23)18-12-10-17(24)11-13-18/h2-13,30H,14H2,1H3,(H,25,28)(H,26,29)/t23-/m1/s1. The lowest BCUT2D eigenvalue weighted by molar-refractivity contribution is -0.140. The molecule has 30 heavy (non-hydrogen) atoms. The third kappa shape index (κ3) is 3.51. The van der Waals surface area contributed by atoms with E-state index in [1.807, 2.05) is 31.2 Å². The quantitative estimate of drug-likeness (QED) is 0.591. The average Bonchev–Trinajstić information content (AvgIpc) is 2.74. The monoisotopic (exact) mass is 421 g/mol. The minimum atomic E-state index is -2.24. The van der Waals surface area contributed by atoms with E-state index < -0.39 is 17.7 Å². The van der Waals surface area contributed by atoms with Crippen LogP contribution < -0.4 is 15.5 Å². The minimum absolute atomic E-state index is 0.208. The molecule has 0 spiro atoms. The fourth-order valence-corrected chi connectivity index (χ4v) is 3.59. The highest BCUT2D eigenvalue weighted by Crippen LogP contribution is 2.39. The molecule has 0 radical (unpaired) electrons. The lowest BCUT2D eigenvalue weighted by Gasteiger charge is -2.42. The Kier molecular flexibility index (Phi) is 5.20. The fraction of sp³-hybridized carbons (Fsp3) is 0.130. The van der Waals surface area contributed by atoms with Gasteiger partial charge in [-0.2, -0.15) is 0 Å². The van der Waals surface area contributed by atoms with Gasteiger partial charge in [0, 0.05) is 22.8 Å². The second-order valence-corrected chi connectivity index (χ2v) is 7.56. The predicted molar refractivity (Wildman–Crippen MR) is 116 cm³/mol. The van der Waals surface area contributed by atoms with Crippen LogP contribution >= 0.6 is 11.6 Å². The van der Waals surface area contributed by atoms with Gasteiger partial charge in [0.25, 0.3) is 11.6 Å². The number of benzene rings is 3.